The summed E-state index contributed by atoms with van der Waals surface area (Å²) >= 11 is 0. The third-order valence-electron chi connectivity index (χ3n) is 3.22. The second kappa shape index (κ2) is 5.95. The van der Waals surface area contributed by atoms with Gasteiger partial charge in [0.1, 0.15) is 5.75 Å². The molecule has 1 aromatic carbocycles. The Morgan fingerprint density at radius 1 is 1.33 bits per heavy atom. The van der Waals surface area contributed by atoms with Crippen molar-refractivity contribution >= 4 is 5.97 Å². The van der Waals surface area contributed by atoms with E-state index in [1.807, 2.05) is 0 Å². The molecule has 2 rings (SSSR count). The zero-order chi connectivity index (χ0) is 15.6. The van der Waals surface area contributed by atoms with Gasteiger partial charge >= 0.3 is 12.6 Å². The Bertz CT molecular complexity index is 623. The number of para-hydroxylation sites is 1. The van der Waals surface area contributed by atoms with E-state index in [0.717, 1.165) is 5.70 Å². The first-order valence-corrected chi connectivity index (χ1v) is 6.33. The van der Waals surface area contributed by atoms with Crippen LogP contribution in [0.3, 0.4) is 0 Å². The molecule has 1 aromatic rings. The van der Waals surface area contributed by atoms with E-state index in [2.05, 4.69) is 10.1 Å². The van der Waals surface area contributed by atoms with Crippen LogP contribution < -0.4 is 10.1 Å². The Morgan fingerprint density at radius 3 is 2.62 bits per heavy atom. The van der Waals surface area contributed by atoms with Crippen molar-refractivity contribution in [3.05, 3.63) is 52.9 Å². The maximum atomic E-state index is 12.5. The molecule has 1 heterocycles. The predicted octanol–water partition coefficient (Wildman–Crippen LogP) is 3.24. The highest BCUT2D eigenvalue weighted by Crippen LogP contribution is 2.37. The molecule has 2 N–H and O–H groups in total. The molecule has 21 heavy (non-hydrogen) atoms. The van der Waals surface area contributed by atoms with Crippen molar-refractivity contribution in [2.75, 3.05) is 0 Å². The molecule has 4 nitrogen and oxygen atoms in total. The van der Waals surface area contributed by atoms with Crippen LogP contribution in [0.4, 0.5) is 8.78 Å². The minimum absolute atomic E-state index is 0.0185. The number of carboxylic acid groups (broad SMARTS) is 1. The third kappa shape index (κ3) is 3.21. The van der Waals surface area contributed by atoms with E-state index >= 15 is 0 Å². The molecule has 1 unspecified atom stereocenters. The van der Waals surface area contributed by atoms with Crippen molar-refractivity contribution < 1.29 is 23.4 Å². The van der Waals surface area contributed by atoms with Crippen LogP contribution in [-0.4, -0.2) is 17.7 Å². The van der Waals surface area contributed by atoms with Crippen molar-refractivity contribution in [1.29, 1.82) is 0 Å². The lowest BCUT2D eigenvalue weighted by atomic mass is 9.86. The Balaban J connectivity index is 2.53. The number of dihydropyridines is 1. The molecule has 1 atom stereocenters. The van der Waals surface area contributed by atoms with E-state index in [9.17, 15) is 18.7 Å². The Labute approximate surface area is 120 Å². The van der Waals surface area contributed by atoms with Gasteiger partial charge in [0.25, 0.3) is 0 Å². The van der Waals surface area contributed by atoms with Crippen molar-refractivity contribution in [2.24, 2.45) is 0 Å². The summed E-state index contributed by atoms with van der Waals surface area (Å²) in [4.78, 5) is 11.5. The first-order chi connectivity index (χ1) is 9.90. The number of nitrogens with one attached hydrogen (secondary N) is 1. The van der Waals surface area contributed by atoms with E-state index in [0.29, 0.717) is 11.3 Å². The van der Waals surface area contributed by atoms with Gasteiger partial charge in [-0.25, -0.2) is 4.79 Å². The summed E-state index contributed by atoms with van der Waals surface area (Å²) in [5, 5.41) is 12.3. The number of halogens is 2. The van der Waals surface area contributed by atoms with Crippen LogP contribution in [0.2, 0.25) is 0 Å². The molecular formula is C15H15F2NO3. The Hall–Kier alpha value is -2.37. The molecule has 0 aromatic heterocycles. The highest BCUT2D eigenvalue weighted by atomic mass is 19.3. The average Bonchev–Trinajstić information content (AvgIpc) is 2.37. The van der Waals surface area contributed by atoms with E-state index in [-0.39, 0.29) is 11.3 Å². The number of hydrogen-bond acceptors (Lipinski definition) is 3. The van der Waals surface area contributed by atoms with Crippen LogP contribution in [0.25, 0.3) is 0 Å². The quantitative estimate of drug-likeness (QED) is 0.895. The monoisotopic (exact) mass is 295 g/mol. The van der Waals surface area contributed by atoms with Gasteiger partial charge in [-0.1, -0.05) is 24.3 Å². The van der Waals surface area contributed by atoms with Gasteiger partial charge in [0, 0.05) is 22.9 Å². The summed E-state index contributed by atoms with van der Waals surface area (Å²) in [6, 6.07) is 6.22. The van der Waals surface area contributed by atoms with E-state index < -0.39 is 18.5 Å². The van der Waals surface area contributed by atoms with Crippen LogP contribution in [-0.2, 0) is 4.79 Å². The normalized spacial score (nSPS) is 18.3. The lowest BCUT2D eigenvalue weighted by molar-refractivity contribution is -0.133. The maximum Gasteiger partial charge on any atom is 0.387 e. The first-order valence-electron chi connectivity index (χ1n) is 6.33. The number of hydrogen-bond donors (Lipinski definition) is 2. The van der Waals surface area contributed by atoms with Gasteiger partial charge in [0.05, 0.1) is 5.57 Å². The van der Waals surface area contributed by atoms with Gasteiger partial charge in [-0.05, 0) is 19.9 Å². The van der Waals surface area contributed by atoms with Gasteiger partial charge in [0.2, 0.25) is 0 Å². The molecular weight excluding hydrogens is 280 g/mol. The average molecular weight is 295 g/mol. The van der Waals surface area contributed by atoms with Crippen LogP contribution in [0.5, 0.6) is 5.75 Å². The zero-order valence-electron chi connectivity index (χ0n) is 11.6. The van der Waals surface area contributed by atoms with E-state index in [1.165, 1.54) is 6.07 Å². The molecule has 0 saturated heterocycles. The van der Waals surface area contributed by atoms with Crippen LogP contribution in [0, 0.1) is 0 Å². The molecule has 0 fully saturated rings. The molecule has 0 amide bonds. The number of aliphatic carboxylic acids is 1. The van der Waals surface area contributed by atoms with Crippen LogP contribution >= 0.6 is 0 Å². The summed E-state index contributed by atoms with van der Waals surface area (Å²) < 4.78 is 29.5. The highest BCUT2D eigenvalue weighted by molar-refractivity contribution is 5.90. The summed E-state index contributed by atoms with van der Waals surface area (Å²) in [5.41, 5.74) is 1.76. The number of carbonyl (C=O) groups is 1. The summed E-state index contributed by atoms with van der Waals surface area (Å²) in [5.74, 6) is -1.76. The fraction of sp³-hybridized carbons (Fsp3) is 0.267. The van der Waals surface area contributed by atoms with Crippen molar-refractivity contribution in [3.8, 4) is 5.75 Å². The molecule has 0 aliphatic carbocycles. The highest BCUT2D eigenvalue weighted by Gasteiger charge is 2.29. The number of benzene rings is 1. The fourth-order valence-electron chi connectivity index (χ4n) is 2.45. The van der Waals surface area contributed by atoms with Gasteiger partial charge in [-0.15, -0.1) is 0 Å². The molecule has 0 radical (unpaired) electrons. The lowest BCUT2D eigenvalue weighted by Crippen LogP contribution is -2.24. The maximum absolute atomic E-state index is 12.5. The fourth-order valence-corrected chi connectivity index (χ4v) is 2.45. The molecule has 112 valence electrons. The standard InChI is InChI=1S/C15H15F2NO3/c1-8-7-11(13(14(19)20)9(2)18-8)10-5-3-4-6-12(10)21-15(16)17/h3-7,11,15,18H,1-2H3,(H,19,20). The number of rotatable bonds is 4. The SMILES string of the molecule is CC1=CC(c2ccccc2OC(F)F)C(C(=O)O)=C(C)N1. The topological polar surface area (TPSA) is 58.6 Å². The molecule has 0 spiro atoms. The molecule has 0 saturated carbocycles. The van der Waals surface area contributed by atoms with Crippen molar-refractivity contribution in [1.82, 2.24) is 5.32 Å². The van der Waals surface area contributed by atoms with Crippen LogP contribution in [0.15, 0.2) is 47.3 Å². The second-order valence-corrected chi connectivity index (χ2v) is 4.71. The Kier molecular flexibility index (Phi) is 4.26. The smallest absolute Gasteiger partial charge is 0.387 e. The van der Waals surface area contributed by atoms with Crippen LogP contribution in [0.1, 0.15) is 25.3 Å². The minimum Gasteiger partial charge on any atom is -0.478 e. The minimum atomic E-state index is -2.96. The number of carboxylic acids is 1. The summed E-state index contributed by atoms with van der Waals surface area (Å²) in [6.45, 7) is 0.464. The number of alkyl halides is 2. The largest absolute Gasteiger partial charge is 0.478 e. The first kappa shape index (κ1) is 15.0. The summed E-state index contributed by atoms with van der Waals surface area (Å²) in [7, 11) is 0. The molecule has 1 aliphatic heterocycles. The molecule has 6 heteroatoms. The predicted molar refractivity (Wildman–Crippen MR) is 73.0 cm³/mol. The van der Waals surface area contributed by atoms with Gasteiger partial charge in [-0.2, -0.15) is 8.78 Å². The van der Waals surface area contributed by atoms with E-state index in [4.69, 9.17) is 0 Å². The van der Waals surface area contributed by atoms with Crippen molar-refractivity contribution in [3.63, 3.8) is 0 Å². The summed E-state index contributed by atoms with van der Waals surface area (Å²) in [6.07, 6.45) is 1.68. The number of ether oxygens (including phenoxy) is 1. The Morgan fingerprint density at radius 2 is 2.00 bits per heavy atom. The second-order valence-electron chi connectivity index (χ2n) is 4.71. The zero-order valence-corrected chi connectivity index (χ0v) is 11.6. The molecule has 0 bridgehead atoms. The number of allylic oxidation sites excluding steroid dienone is 3. The van der Waals surface area contributed by atoms with Crippen molar-refractivity contribution in [2.45, 2.75) is 26.4 Å². The van der Waals surface area contributed by atoms with Gasteiger partial charge < -0.3 is 15.2 Å². The third-order valence-corrected chi connectivity index (χ3v) is 3.22. The molecule has 1 aliphatic rings. The van der Waals surface area contributed by atoms with Gasteiger partial charge in [-0.3, -0.25) is 0 Å². The van der Waals surface area contributed by atoms with Gasteiger partial charge in [0.15, 0.2) is 0 Å². The van der Waals surface area contributed by atoms with E-state index in [1.54, 1.807) is 38.1 Å². The lowest BCUT2D eigenvalue weighted by Gasteiger charge is -2.25.